The van der Waals surface area contributed by atoms with Gasteiger partial charge in [0.25, 0.3) is 0 Å². The monoisotopic (exact) mass is 224 g/mol. The Morgan fingerprint density at radius 3 is 2.50 bits per heavy atom. The van der Waals surface area contributed by atoms with Crippen molar-refractivity contribution >= 4 is 0 Å². The molecule has 0 amide bonds. The Bertz CT molecular complexity index is 384. The molecule has 1 aromatic carbocycles. The van der Waals surface area contributed by atoms with Crippen molar-refractivity contribution in [1.29, 1.82) is 0 Å². The van der Waals surface area contributed by atoms with Crippen LogP contribution in [0.4, 0.5) is 4.39 Å². The smallest absolute Gasteiger partial charge is 0.123 e. The lowest BCUT2D eigenvalue weighted by atomic mass is 9.87. The van der Waals surface area contributed by atoms with E-state index in [-0.39, 0.29) is 5.82 Å². The Balaban J connectivity index is 2.29. The number of rotatable bonds is 2. The van der Waals surface area contributed by atoms with Gasteiger partial charge in [-0.3, -0.25) is 0 Å². The first-order chi connectivity index (χ1) is 7.53. The number of aliphatic hydroxyl groups is 2. The topological polar surface area (TPSA) is 40.5 Å². The van der Waals surface area contributed by atoms with E-state index in [9.17, 15) is 14.6 Å². The molecule has 0 heterocycles. The first kappa shape index (κ1) is 11.6. The Kier molecular flexibility index (Phi) is 3.00. The van der Waals surface area contributed by atoms with Crippen molar-refractivity contribution in [2.45, 2.75) is 44.3 Å². The van der Waals surface area contributed by atoms with Crippen LogP contribution < -0.4 is 0 Å². The Morgan fingerprint density at radius 1 is 1.31 bits per heavy atom. The normalized spacial score (nSPS) is 21.0. The van der Waals surface area contributed by atoms with Gasteiger partial charge in [0, 0.05) is 0 Å². The maximum atomic E-state index is 12.9. The molecule has 1 atom stereocenters. The minimum atomic E-state index is -1.03. The van der Waals surface area contributed by atoms with Gasteiger partial charge >= 0.3 is 0 Å². The predicted molar refractivity (Wildman–Crippen MR) is 59.5 cm³/mol. The Labute approximate surface area is 94.7 Å². The Morgan fingerprint density at radius 2 is 1.94 bits per heavy atom. The maximum Gasteiger partial charge on any atom is 0.123 e. The van der Waals surface area contributed by atoms with Crippen molar-refractivity contribution in [3.8, 4) is 0 Å². The van der Waals surface area contributed by atoms with Crippen LogP contribution in [0.3, 0.4) is 0 Å². The first-order valence-corrected chi connectivity index (χ1v) is 5.69. The van der Waals surface area contributed by atoms with E-state index in [1.165, 1.54) is 12.1 Å². The van der Waals surface area contributed by atoms with Crippen molar-refractivity contribution in [3.05, 3.63) is 35.1 Å². The fraction of sp³-hybridized carbons (Fsp3) is 0.538. The van der Waals surface area contributed by atoms with E-state index in [0.717, 1.165) is 12.8 Å². The molecule has 2 nitrogen and oxygen atoms in total. The van der Waals surface area contributed by atoms with Gasteiger partial charge in [-0.1, -0.05) is 18.9 Å². The van der Waals surface area contributed by atoms with Gasteiger partial charge in [-0.05, 0) is 43.0 Å². The second-order valence-corrected chi connectivity index (χ2v) is 4.71. The van der Waals surface area contributed by atoms with Crippen LogP contribution in [0.25, 0.3) is 0 Å². The van der Waals surface area contributed by atoms with Crippen molar-refractivity contribution in [1.82, 2.24) is 0 Å². The zero-order valence-corrected chi connectivity index (χ0v) is 9.41. The van der Waals surface area contributed by atoms with E-state index < -0.39 is 11.7 Å². The van der Waals surface area contributed by atoms with Crippen LogP contribution in [-0.4, -0.2) is 15.8 Å². The van der Waals surface area contributed by atoms with Gasteiger partial charge in [0.05, 0.1) is 5.60 Å². The second kappa shape index (κ2) is 4.15. The zero-order valence-electron chi connectivity index (χ0n) is 9.41. The lowest BCUT2D eigenvalue weighted by Crippen LogP contribution is -2.33. The van der Waals surface area contributed by atoms with E-state index in [0.29, 0.717) is 24.0 Å². The fourth-order valence-electron chi connectivity index (χ4n) is 2.50. The molecule has 3 heteroatoms. The van der Waals surface area contributed by atoms with Crippen molar-refractivity contribution < 1.29 is 14.6 Å². The standard InChI is InChI=1S/C13H17FO2/c1-9-8-10(14)4-5-11(9)12(15)13(16)6-2-3-7-13/h4-5,8,12,15-16H,2-3,6-7H2,1H3. The van der Waals surface area contributed by atoms with Crippen molar-refractivity contribution in [2.75, 3.05) is 0 Å². The van der Waals surface area contributed by atoms with Crippen LogP contribution in [0.2, 0.25) is 0 Å². The van der Waals surface area contributed by atoms with E-state index in [4.69, 9.17) is 0 Å². The summed E-state index contributed by atoms with van der Waals surface area (Å²) >= 11 is 0. The third-order valence-electron chi connectivity index (χ3n) is 3.50. The average molecular weight is 224 g/mol. The molecule has 1 aliphatic carbocycles. The van der Waals surface area contributed by atoms with Crippen molar-refractivity contribution in [3.63, 3.8) is 0 Å². The summed E-state index contributed by atoms with van der Waals surface area (Å²) in [6, 6.07) is 4.27. The summed E-state index contributed by atoms with van der Waals surface area (Å²) in [4.78, 5) is 0. The van der Waals surface area contributed by atoms with Gasteiger partial charge in [0.2, 0.25) is 0 Å². The van der Waals surface area contributed by atoms with E-state index in [1.54, 1.807) is 13.0 Å². The molecule has 1 aromatic rings. The highest BCUT2D eigenvalue weighted by Crippen LogP contribution is 2.40. The third-order valence-corrected chi connectivity index (χ3v) is 3.50. The highest BCUT2D eigenvalue weighted by Gasteiger charge is 2.39. The minimum absolute atomic E-state index is 0.313. The lowest BCUT2D eigenvalue weighted by Gasteiger charge is -2.29. The molecule has 1 fully saturated rings. The van der Waals surface area contributed by atoms with Crippen LogP contribution in [-0.2, 0) is 0 Å². The third kappa shape index (κ3) is 1.97. The number of hydrogen-bond acceptors (Lipinski definition) is 2. The predicted octanol–water partition coefficient (Wildman–Crippen LogP) is 2.47. The highest BCUT2D eigenvalue weighted by molar-refractivity contribution is 5.30. The molecule has 1 saturated carbocycles. The SMILES string of the molecule is Cc1cc(F)ccc1C(O)C1(O)CCCC1. The summed E-state index contributed by atoms with van der Waals surface area (Å²) in [7, 11) is 0. The molecule has 16 heavy (non-hydrogen) atoms. The molecule has 0 aromatic heterocycles. The van der Waals surface area contributed by atoms with Gasteiger partial charge in [-0.15, -0.1) is 0 Å². The molecule has 0 aliphatic heterocycles. The molecular formula is C13H17FO2. The second-order valence-electron chi connectivity index (χ2n) is 4.71. The van der Waals surface area contributed by atoms with E-state index >= 15 is 0 Å². The maximum absolute atomic E-state index is 12.9. The van der Waals surface area contributed by atoms with Gasteiger partial charge in [-0.25, -0.2) is 4.39 Å². The highest BCUT2D eigenvalue weighted by atomic mass is 19.1. The molecule has 0 bridgehead atoms. The number of aryl methyl sites for hydroxylation is 1. The van der Waals surface area contributed by atoms with Crippen LogP contribution in [0.15, 0.2) is 18.2 Å². The molecule has 88 valence electrons. The summed E-state index contributed by atoms with van der Waals surface area (Å²) in [6.45, 7) is 1.75. The van der Waals surface area contributed by atoms with Crippen LogP contribution in [0.1, 0.15) is 42.9 Å². The molecule has 1 aliphatic rings. The van der Waals surface area contributed by atoms with Crippen LogP contribution in [0, 0.1) is 12.7 Å². The summed E-state index contributed by atoms with van der Waals surface area (Å²) in [5.41, 5.74) is 0.293. The average Bonchev–Trinajstić information content (AvgIpc) is 2.66. The first-order valence-electron chi connectivity index (χ1n) is 5.69. The number of hydrogen-bond donors (Lipinski definition) is 2. The molecule has 0 saturated heterocycles. The number of benzene rings is 1. The lowest BCUT2D eigenvalue weighted by molar-refractivity contribution is -0.0722. The minimum Gasteiger partial charge on any atom is -0.387 e. The molecule has 0 spiro atoms. The van der Waals surface area contributed by atoms with Crippen LogP contribution >= 0.6 is 0 Å². The van der Waals surface area contributed by atoms with E-state index in [1.807, 2.05) is 0 Å². The molecular weight excluding hydrogens is 207 g/mol. The summed E-state index contributed by atoms with van der Waals surface area (Å²) in [5, 5.41) is 20.4. The molecule has 2 rings (SSSR count). The quantitative estimate of drug-likeness (QED) is 0.810. The van der Waals surface area contributed by atoms with Gasteiger partial charge in [0.1, 0.15) is 11.9 Å². The zero-order chi connectivity index (χ0) is 11.8. The number of halogens is 1. The fourth-order valence-corrected chi connectivity index (χ4v) is 2.50. The molecule has 2 N–H and O–H groups in total. The molecule has 0 radical (unpaired) electrons. The van der Waals surface area contributed by atoms with Crippen LogP contribution in [0.5, 0.6) is 0 Å². The summed E-state index contributed by atoms with van der Waals surface area (Å²) in [5.74, 6) is -0.313. The van der Waals surface area contributed by atoms with Gasteiger partial charge in [-0.2, -0.15) is 0 Å². The molecule has 1 unspecified atom stereocenters. The largest absolute Gasteiger partial charge is 0.387 e. The van der Waals surface area contributed by atoms with E-state index in [2.05, 4.69) is 0 Å². The summed E-state index contributed by atoms with van der Waals surface area (Å²) < 4.78 is 12.9. The Hall–Kier alpha value is -0.930. The number of aliphatic hydroxyl groups excluding tert-OH is 1. The van der Waals surface area contributed by atoms with Gasteiger partial charge in [0.15, 0.2) is 0 Å². The van der Waals surface area contributed by atoms with Gasteiger partial charge < -0.3 is 10.2 Å². The summed E-state index contributed by atoms with van der Waals surface area (Å²) in [6.07, 6.45) is 2.20. The van der Waals surface area contributed by atoms with Crippen molar-refractivity contribution in [2.24, 2.45) is 0 Å².